The van der Waals surface area contributed by atoms with Crippen LogP contribution in [-0.2, 0) is 24.2 Å². The third-order valence-corrected chi connectivity index (χ3v) is 6.57. The number of nitro groups is 1. The van der Waals surface area contributed by atoms with Gasteiger partial charge in [-0.1, -0.05) is 6.92 Å². The van der Waals surface area contributed by atoms with E-state index in [2.05, 4.69) is 22.4 Å². The molecule has 1 atom stereocenters. The van der Waals surface area contributed by atoms with Crippen molar-refractivity contribution in [1.82, 2.24) is 19.4 Å². The summed E-state index contributed by atoms with van der Waals surface area (Å²) in [5, 5.41) is 15.6. The van der Waals surface area contributed by atoms with Crippen molar-refractivity contribution in [3.63, 3.8) is 0 Å². The number of aryl methyl sites for hydroxylation is 4. The third-order valence-electron chi connectivity index (χ3n) is 5.42. The first-order valence-electron chi connectivity index (χ1n) is 9.76. The van der Waals surface area contributed by atoms with Crippen LogP contribution in [0.15, 0.2) is 11.0 Å². The minimum atomic E-state index is -0.509. The number of nitrogens with zero attached hydrogens (tertiary/aromatic N) is 5. The molecule has 4 rings (SSSR count). The molecule has 3 aromatic rings. The van der Waals surface area contributed by atoms with Crippen LogP contribution in [0.5, 0.6) is 0 Å². The summed E-state index contributed by atoms with van der Waals surface area (Å²) in [6.07, 6.45) is 4.15. The first-order chi connectivity index (χ1) is 14.2. The first kappa shape index (κ1) is 20.2. The van der Waals surface area contributed by atoms with Gasteiger partial charge in [-0.3, -0.25) is 29.8 Å². The minimum Gasteiger partial charge on any atom is -0.273 e. The Kier molecular flexibility index (Phi) is 5.14. The van der Waals surface area contributed by atoms with Gasteiger partial charge in [-0.2, -0.15) is 5.10 Å². The van der Waals surface area contributed by atoms with Gasteiger partial charge in [0.25, 0.3) is 5.56 Å². The van der Waals surface area contributed by atoms with Crippen molar-refractivity contribution >= 4 is 33.1 Å². The van der Waals surface area contributed by atoms with Gasteiger partial charge in [-0.15, -0.1) is 11.3 Å². The number of rotatable bonds is 5. The zero-order valence-corrected chi connectivity index (χ0v) is 17.8. The van der Waals surface area contributed by atoms with Gasteiger partial charge in [0.05, 0.1) is 16.9 Å². The number of fused-ring (bicyclic) bond motifs is 3. The van der Waals surface area contributed by atoms with Crippen molar-refractivity contribution in [2.24, 2.45) is 5.92 Å². The number of hydrogen-bond donors (Lipinski definition) is 1. The largest absolute Gasteiger partial charge is 0.309 e. The van der Waals surface area contributed by atoms with E-state index in [0.717, 1.165) is 29.7 Å². The van der Waals surface area contributed by atoms with E-state index in [1.165, 1.54) is 20.4 Å². The molecule has 1 aliphatic carbocycles. The van der Waals surface area contributed by atoms with Gasteiger partial charge < -0.3 is 0 Å². The SMILES string of the molecule is Cc1nn(CCC(=O)Nn2c(C)nc3sc4c(c3c2=O)CC[C@H](C)C4)cc1[N+](=O)[O-]. The summed E-state index contributed by atoms with van der Waals surface area (Å²) in [5.41, 5.74) is 3.63. The first-order valence-corrected chi connectivity index (χ1v) is 10.6. The fourth-order valence-corrected chi connectivity index (χ4v) is 5.24. The molecule has 0 bridgehead atoms. The highest BCUT2D eigenvalue weighted by molar-refractivity contribution is 7.18. The quantitative estimate of drug-likeness (QED) is 0.490. The van der Waals surface area contributed by atoms with Crippen LogP contribution in [0.25, 0.3) is 10.2 Å². The van der Waals surface area contributed by atoms with Crippen molar-refractivity contribution < 1.29 is 9.72 Å². The Morgan fingerprint density at radius 2 is 2.20 bits per heavy atom. The fourth-order valence-electron chi connectivity index (χ4n) is 3.82. The lowest BCUT2D eigenvalue weighted by Crippen LogP contribution is -2.36. The molecule has 0 spiro atoms. The topological polar surface area (TPSA) is 125 Å². The molecule has 3 aromatic heterocycles. The van der Waals surface area contributed by atoms with Gasteiger partial charge in [-0.05, 0) is 44.6 Å². The van der Waals surface area contributed by atoms with E-state index in [4.69, 9.17) is 0 Å². The van der Waals surface area contributed by atoms with Crippen molar-refractivity contribution in [2.75, 3.05) is 5.43 Å². The van der Waals surface area contributed by atoms with Crippen LogP contribution in [0.4, 0.5) is 5.69 Å². The molecule has 0 saturated heterocycles. The Hall–Kier alpha value is -3.08. The summed E-state index contributed by atoms with van der Waals surface area (Å²) in [5.74, 6) is 0.614. The average molecular weight is 430 g/mol. The number of carbonyl (C=O) groups is 1. The lowest BCUT2D eigenvalue weighted by atomic mass is 9.89. The molecule has 11 heteroatoms. The van der Waals surface area contributed by atoms with E-state index in [9.17, 15) is 19.7 Å². The van der Waals surface area contributed by atoms with Crippen LogP contribution in [-0.4, -0.2) is 30.3 Å². The number of nitrogens with one attached hydrogen (secondary N) is 1. The maximum atomic E-state index is 13.1. The fraction of sp³-hybridized carbons (Fsp3) is 0.474. The highest BCUT2D eigenvalue weighted by Gasteiger charge is 2.24. The second-order valence-electron chi connectivity index (χ2n) is 7.74. The van der Waals surface area contributed by atoms with Crippen LogP contribution in [0.2, 0.25) is 0 Å². The van der Waals surface area contributed by atoms with E-state index < -0.39 is 10.8 Å². The van der Waals surface area contributed by atoms with Gasteiger partial charge in [-0.25, -0.2) is 9.66 Å². The van der Waals surface area contributed by atoms with Crippen LogP contribution in [0.1, 0.15) is 41.7 Å². The molecule has 1 aliphatic rings. The van der Waals surface area contributed by atoms with Crippen molar-refractivity contribution in [3.05, 3.63) is 48.6 Å². The Morgan fingerprint density at radius 1 is 1.43 bits per heavy atom. The van der Waals surface area contributed by atoms with Gasteiger partial charge in [0.1, 0.15) is 22.5 Å². The zero-order chi connectivity index (χ0) is 21.6. The number of hydrogen-bond acceptors (Lipinski definition) is 7. The highest BCUT2D eigenvalue weighted by atomic mass is 32.1. The van der Waals surface area contributed by atoms with Crippen LogP contribution >= 0.6 is 11.3 Å². The molecule has 0 aliphatic heterocycles. The van der Waals surface area contributed by atoms with Crippen LogP contribution in [0.3, 0.4) is 0 Å². The van der Waals surface area contributed by atoms with E-state index >= 15 is 0 Å². The van der Waals surface area contributed by atoms with Crippen molar-refractivity contribution in [3.8, 4) is 0 Å². The highest BCUT2D eigenvalue weighted by Crippen LogP contribution is 2.35. The molecule has 0 radical (unpaired) electrons. The monoisotopic (exact) mass is 430 g/mol. The Balaban J connectivity index is 1.55. The molecule has 10 nitrogen and oxygen atoms in total. The summed E-state index contributed by atoms with van der Waals surface area (Å²) in [6.45, 7) is 5.60. The number of thiophene rings is 1. The zero-order valence-electron chi connectivity index (χ0n) is 17.0. The predicted octanol–water partition coefficient (Wildman–Crippen LogP) is 2.46. The maximum absolute atomic E-state index is 13.1. The molecule has 0 fully saturated rings. The Labute approximate surface area is 175 Å². The summed E-state index contributed by atoms with van der Waals surface area (Å²) < 4.78 is 2.56. The molecule has 0 unspecified atom stereocenters. The smallest absolute Gasteiger partial charge is 0.273 e. The molecule has 0 saturated carbocycles. The molecule has 1 amide bonds. The van der Waals surface area contributed by atoms with Crippen LogP contribution in [0, 0.1) is 29.9 Å². The molecular weight excluding hydrogens is 408 g/mol. The Bertz CT molecular complexity index is 1220. The molecular formula is C19H22N6O4S. The predicted molar refractivity (Wildman–Crippen MR) is 112 cm³/mol. The summed E-state index contributed by atoms with van der Waals surface area (Å²) >= 11 is 1.57. The number of aromatic nitrogens is 4. The Morgan fingerprint density at radius 3 is 2.90 bits per heavy atom. The lowest BCUT2D eigenvalue weighted by Gasteiger charge is -2.17. The molecule has 0 aromatic carbocycles. The van der Waals surface area contributed by atoms with E-state index in [1.54, 1.807) is 25.2 Å². The molecule has 3 heterocycles. The third kappa shape index (κ3) is 3.60. The summed E-state index contributed by atoms with van der Waals surface area (Å²) in [7, 11) is 0. The van der Waals surface area contributed by atoms with Gasteiger partial charge in [0.15, 0.2) is 0 Å². The van der Waals surface area contributed by atoms with Gasteiger partial charge >= 0.3 is 5.69 Å². The maximum Gasteiger partial charge on any atom is 0.309 e. The minimum absolute atomic E-state index is 0.0153. The second kappa shape index (κ2) is 7.63. The summed E-state index contributed by atoms with van der Waals surface area (Å²) in [6, 6.07) is 0. The lowest BCUT2D eigenvalue weighted by molar-refractivity contribution is -0.385. The van der Waals surface area contributed by atoms with E-state index in [0.29, 0.717) is 22.8 Å². The average Bonchev–Trinajstić information content (AvgIpc) is 3.22. The summed E-state index contributed by atoms with van der Waals surface area (Å²) in [4.78, 5) is 42.5. The van der Waals surface area contributed by atoms with Crippen LogP contribution < -0.4 is 11.0 Å². The number of carbonyl (C=O) groups excluding carboxylic acids is 1. The van der Waals surface area contributed by atoms with Gasteiger partial charge in [0.2, 0.25) is 5.91 Å². The molecule has 30 heavy (non-hydrogen) atoms. The van der Waals surface area contributed by atoms with Crippen molar-refractivity contribution in [2.45, 2.75) is 53.0 Å². The number of amides is 1. The normalized spacial score (nSPS) is 15.9. The standard InChI is InChI=1S/C19H22N6O4S/c1-10-4-5-13-15(8-10)30-18-17(13)19(27)24(12(3)20-18)22-16(26)6-7-23-9-14(25(28)29)11(2)21-23/h9-10H,4-8H2,1-3H3,(H,22,26)/t10-/m0/s1. The second-order valence-corrected chi connectivity index (χ2v) is 8.82. The molecule has 158 valence electrons. The van der Waals surface area contributed by atoms with Crippen molar-refractivity contribution in [1.29, 1.82) is 0 Å². The van der Waals surface area contributed by atoms with Gasteiger partial charge in [0, 0.05) is 11.3 Å². The van der Waals surface area contributed by atoms with E-state index in [1.807, 2.05) is 0 Å². The molecule has 1 N–H and O–H groups in total. The van der Waals surface area contributed by atoms with E-state index in [-0.39, 0.29) is 24.2 Å².